The van der Waals surface area contributed by atoms with Gasteiger partial charge in [-0.1, -0.05) is 20.3 Å². The van der Waals surface area contributed by atoms with E-state index >= 15 is 0 Å². The van der Waals surface area contributed by atoms with E-state index in [1.165, 1.54) is 19.3 Å². The summed E-state index contributed by atoms with van der Waals surface area (Å²) in [6, 6.07) is 3.68. The van der Waals surface area contributed by atoms with Crippen molar-refractivity contribution >= 4 is 11.7 Å². The molecule has 1 aromatic rings. The van der Waals surface area contributed by atoms with Gasteiger partial charge in [-0.05, 0) is 36.8 Å². The van der Waals surface area contributed by atoms with Gasteiger partial charge in [-0.3, -0.25) is 4.79 Å². The lowest BCUT2D eigenvalue weighted by molar-refractivity contribution is 0.0890. The maximum absolute atomic E-state index is 12.0. The van der Waals surface area contributed by atoms with E-state index in [0.717, 1.165) is 25.3 Å². The van der Waals surface area contributed by atoms with Crippen molar-refractivity contribution in [2.75, 3.05) is 18.4 Å². The second kappa shape index (κ2) is 6.04. The third kappa shape index (κ3) is 3.69. The summed E-state index contributed by atoms with van der Waals surface area (Å²) < 4.78 is 0. The number of aromatic nitrogens is 1. The lowest BCUT2D eigenvalue weighted by atomic mass is 9.70. The molecule has 0 bridgehead atoms. The molecule has 4 nitrogen and oxygen atoms in total. The van der Waals surface area contributed by atoms with Gasteiger partial charge in [0.05, 0.1) is 5.56 Å². The van der Waals surface area contributed by atoms with Crippen molar-refractivity contribution in [1.82, 2.24) is 10.3 Å². The Labute approximate surface area is 115 Å². The van der Waals surface area contributed by atoms with Gasteiger partial charge >= 0.3 is 0 Å². The molecule has 1 fully saturated rings. The van der Waals surface area contributed by atoms with E-state index in [4.69, 9.17) is 0 Å². The van der Waals surface area contributed by atoms with Crippen LogP contribution in [0.2, 0.25) is 0 Å². The van der Waals surface area contributed by atoms with Crippen molar-refractivity contribution in [2.45, 2.75) is 39.5 Å². The molecule has 0 saturated heterocycles. The van der Waals surface area contributed by atoms with E-state index < -0.39 is 0 Å². The Morgan fingerprint density at radius 3 is 2.74 bits per heavy atom. The number of nitrogens with zero attached hydrogens (tertiary/aromatic N) is 1. The van der Waals surface area contributed by atoms with E-state index in [-0.39, 0.29) is 5.91 Å². The summed E-state index contributed by atoms with van der Waals surface area (Å²) in [6.07, 6.45) is 6.40. The van der Waals surface area contributed by atoms with Crippen LogP contribution in [0.3, 0.4) is 0 Å². The lowest BCUT2D eigenvalue weighted by Crippen LogP contribution is -2.39. The van der Waals surface area contributed by atoms with Crippen LogP contribution in [0.1, 0.15) is 49.9 Å². The fourth-order valence-electron chi connectivity index (χ4n) is 2.24. The first-order chi connectivity index (χ1) is 9.13. The second-order valence-electron chi connectivity index (χ2n) is 5.71. The fourth-order valence-corrected chi connectivity index (χ4v) is 2.24. The van der Waals surface area contributed by atoms with Crippen LogP contribution in [-0.2, 0) is 0 Å². The molecule has 0 unspecified atom stereocenters. The van der Waals surface area contributed by atoms with Crippen LogP contribution in [0.15, 0.2) is 18.3 Å². The zero-order valence-electron chi connectivity index (χ0n) is 11.8. The minimum atomic E-state index is -0.0253. The van der Waals surface area contributed by atoms with Gasteiger partial charge in [-0.15, -0.1) is 0 Å². The predicted molar refractivity (Wildman–Crippen MR) is 77.3 cm³/mol. The highest BCUT2D eigenvalue weighted by Gasteiger charge is 2.31. The molecule has 1 saturated carbocycles. The zero-order chi connectivity index (χ0) is 13.7. The number of rotatable bonds is 6. The Kier molecular flexibility index (Phi) is 4.40. The van der Waals surface area contributed by atoms with Crippen molar-refractivity contribution in [3.05, 3.63) is 23.9 Å². The van der Waals surface area contributed by atoms with Gasteiger partial charge in [-0.25, -0.2) is 4.98 Å². The summed E-state index contributed by atoms with van der Waals surface area (Å²) in [5.74, 6) is 0.798. The number of amides is 1. The molecule has 0 spiro atoms. The van der Waals surface area contributed by atoms with Gasteiger partial charge in [0.25, 0.3) is 5.91 Å². The van der Waals surface area contributed by atoms with Crippen LogP contribution in [0.4, 0.5) is 5.82 Å². The highest BCUT2D eigenvalue weighted by molar-refractivity contribution is 5.94. The maximum atomic E-state index is 12.0. The van der Waals surface area contributed by atoms with Crippen molar-refractivity contribution in [1.29, 1.82) is 0 Å². The van der Waals surface area contributed by atoms with Crippen LogP contribution in [-0.4, -0.2) is 24.0 Å². The standard InChI is InChI=1S/C15H23N3O/c1-3-9-16-13-6-5-12(10-17-13)14(19)18-11-15(2)7-4-8-15/h5-6,10H,3-4,7-9,11H2,1-2H3,(H,16,17)(H,18,19). The number of carbonyl (C=O) groups is 1. The Morgan fingerprint density at radius 2 is 2.21 bits per heavy atom. The van der Waals surface area contributed by atoms with Crippen molar-refractivity contribution in [2.24, 2.45) is 5.41 Å². The number of anilines is 1. The predicted octanol–water partition coefficient (Wildman–Crippen LogP) is 2.82. The number of pyridine rings is 1. The summed E-state index contributed by atoms with van der Waals surface area (Å²) in [7, 11) is 0. The minimum absolute atomic E-state index is 0.0253. The van der Waals surface area contributed by atoms with Crippen molar-refractivity contribution < 1.29 is 4.79 Å². The van der Waals surface area contributed by atoms with Gasteiger partial charge in [0.15, 0.2) is 0 Å². The average molecular weight is 261 g/mol. The molecule has 2 rings (SSSR count). The van der Waals surface area contributed by atoms with Crippen LogP contribution >= 0.6 is 0 Å². The largest absolute Gasteiger partial charge is 0.370 e. The zero-order valence-corrected chi connectivity index (χ0v) is 11.8. The molecular formula is C15H23N3O. The normalized spacial score (nSPS) is 16.5. The monoisotopic (exact) mass is 261 g/mol. The third-order valence-corrected chi connectivity index (χ3v) is 3.82. The molecule has 0 aromatic carbocycles. The second-order valence-corrected chi connectivity index (χ2v) is 5.71. The van der Waals surface area contributed by atoms with Crippen LogP contribution in [0.5, 0.6) is 0 Å². The van der Waals surface area contributed by atoms with E-state index in [9.17, 15) is 4.79 Å². The first-order valence-electron chi connectivity index (χ1n) is 7.11. The molecule has 1 aromatic heterocycles. The average Bonchev–Trinajstić information content (AvgIpc) is 2.41. The highest BCUT2D eigenvalue weighted by atomic mass is 16.1. The van der Waals surface area contributed by atoms with Gasteiger partial charge in [-0.2, -0.15) is 0 Å². The Morgan fingerprint density at radius 1 is 1.42 bits per heavy atom. The molecule has 0 aliphatic heterocycles. The van der Waals surface area contributed by atoms with Crippen molar-refractivity contribution in [3.63, 3.8) is 0 Å². The number of hydrogen-bond donors (Lipinski definition) is 2. The first kappa shape index (κ1) is 13.8. The third-order valence-electron chi connectivity index (χ3n) is 3.82. The number of nitrogens with one attached hydrogen (secondary N) is 2. The van der Waals surface area contributed by atoms with E-state index in [2.05, 4.69) is 29.5 Å². The summed E-state index contributed by atoms with van der Waals surface area (Å²) in [5, 5.41) is 6.20. The molecule has 0 atom stereocenters. The molecule has 0 radical (unpaired) electrons. The quantitative estimate of drug-likeness (QED) is 0.828. The summed E-state index contributed by atoms with van der Waals surface area (Å²) in [6.45, 7) is 6.00. The summed E-state index contributed by atoms with van der Waals surface area (Å²) in [5.41, 5.74) is 0.941. The molecular weight excluding hydrogens is 238 g/mol. The van der Waals surface area contributed by atoms with Gasteiger partial charge in [0.2, 0.25) is 0 Å². The topological polar surface area (TPSA) is 54.0 Å². The summed E-state index contributed by atoms with van der Waals surface area (Å²) >= 11 is 0. The van der Waals surface area contributed by atoms with E-state index in [0.29, 0.717) is 11.0 Å². The Bertz CT molecular complexity index is 424. The Hall–Kier alpha value is -1.58. The van der Waals surface area contributed by atoms with Crippen LogP contribution in [0, 0.1) is 5.41 Å². The van der Waals surface area contributed by atoms with Crippen LogP contribution < -0.4 is 10.6 Å². The molecule has 19 heavy (non-hydrogen) atoms. The number of hydrogen-bond acceptors (Lipinski definition) is 3. The molecule has 1 heterocycles. The lowest BCUT2D eigenvalue weighted by Gasteiger charge is -2.38. The smallest absolute Gasteiger partial charge is 0.252 e. The molecule has 4 heteroatoms. The van der Waals surface area contributed by atoms with Gasteiger partial charge in [0, 0.05) is 19.3 Å². The van der Waals surface area contributed by atoms with Gasteiger partial charge < -0.3 is 10.6 Å². The van der Waals surface area contributed by atoms with Crippen LogP contribution in [0.25, 0.3) is 0 Å². The first-order valence-corrected chi connectivity index (χ1v) is 7.11. The number of carbonyl (C=O) groups excluding carboxylic acids is 1. The fraction of sp³-hybridized carbons (Fsp3) is 0.600. The molecule has 1 aliphatic rings. The SMILES string of the molecule is CCCNc1ccc(C(=O)NCC2(C)CCC2)cn1. The summed E-state index contributed by atoms with van der Waals surface area (Å²) in [4.78, 5) is 16.2. The van der Waals surface area contributed by atoms with E-state index in [1.54, 1.807) is 6.20 Å². The molecule has 104 valence electrons. The highest BCUT2D eigenvalue weighted by Crippen LogP contribution is 2.39. The maximum Gasteiger partial charge on any atom is 0.252 e. The molecule has 1 aliphatic carbocycles. The van der Waals surface area contributed by atoms with Gasteiger partial charge in [0.1, 0.15) is 5.82 Å². The van der Waals surface area contributed by atoms with E-state index in [1.807, 2.05) is 12.1 Å². The Balaban J connectivity index is 1.84. The molecule has 2 N–H and O–H groups in total. The van der Waals surface area contributed by atoms with Crippen molar-refractivity contribution in [3.8, 4) is 0 Å². The molecule has 1 amide bonds. The minimum Gasteiger partial charge on any atom is -0.370 e.